The second-order valence-electron chi connectivity index (χ2n) is 5.39. The van der Waals surface area contributed by atoms with Crippen LogP contribution < -0.4 is 10.1 Å². The molecular weight excluding hydrogens is 328 g/mol. The maximum absolute atomic E-state index is 6.16. The third kappa shape index (κ3) is 2.62. The van der Waals surface area contributed by atoms with Gasteiger partial charge in [-0.1, -0.05) is 29.8 Å². The molecule has 0 saturated carbocycles. The van der Waals surface area contributed by atoms with Crippen LogP contribution in [0.15, 0.2) is 42.5 Å². The highest BCUT2D eigenvalue weighted by Gasteiger charge is 2.20. The summed E-state index contributed by atoms with van der Waals surface area (Å²) in [6, 6.07) is 13.8. The van der Waals surface area contributed by atoms with Crippen molar-refractivity contribution in [2.75, 3.05) is 12.4 Å². The fourth-order valence-electron chi connectivity index (χ4n) is 2.88. The van der Waals surface area contributed by atoms with Crippen LogP contribution in [0.25, 0.3) is 10.9 Å². The number of benzene rings is 2. The normalized spacial score (nSPS) is 13.1. The Kier molecular flexibility index (Phi) is 3.79. The summed E-state index contributed by atoms with van der Waals surface area (Å²) in [5, 5.41) is 5.34. The van der Waals surface area contributed by atoms with Gasteiger partial charge in [0.05, 0.1) is 29.7 Å². The molecule has 0 saturated heterocycles. The number of pyridine rings is 1. The molecule has 2 aromatic carbocycles. The number of halogens is 1. The number of rotatable bonds is 3. The number of hydrogen-bond acceptors (Lipinski definition) is 4. The zero-order valence-electron chi connectivity index (χ0n) is 12.6. The highest BCUT2D eigenvalue weighted by atomic mass is 35.5. The van der Waals surface area contributed by atoms with E-state index in [1.165, 1.54) is 5.56 Å². The third-order valence-electron chi connectivity index (χ3n) is 3.99. The monoisotopic (exact) mass is 342 g/mol. The van der Waals surface area contributed by atoms with E-state index in [4.69, 9.17) is 21.3 Å². The van der Waals surface area contributed by atoms with Gasteiger partial charge in [-0.3, -0.25) is 4.98 Å². The van der Waals surface area contributed by atoms with Crippen molar-refractivity contribution in [3.8, 4) is 5.75 Å². The lowest BCUT2D eigenvalue weighted by Gasteiger charge is -2.16. The van der Waals surface area contributed by atoms with Crippen LogP contribution in [0, 0.1) is 0 Å². The Labute approximate surface area is 144 Å². The van der Waals surface area contributed by atoms with Crippen molar-refractivity contribution in [1.82, 2.24) is 4.98 Å². The van der Waals surface area contributed by atoms with E-state index in [0.717, 1.165) is 45.2 Å². The number of fused-ring (bicyclic) bond motifs is 2. The minimum Gasteiger partial charge on any atom is -0.495 e. The number of nitrogens with one attached hydrogen (secondary N) is 1. The van der Waals surface area contributed by atoms with Crippen LogP contribution in [-0.2, 0) is 11.5 Å². The number of ether oxygens (including phenoxy) is 1. The molecule has 1 aliphatic rings. The topological polar surface area (TPSA) is 34.1 Å². The number of hydrogen-bond donors (Lipinski definition) is 1. The lowest BCUT2D eigenvalue weighted by Crippen LogP contribution is -2.01. The molecule has 1 aliphatic heterocycles. The molecule has 4 rings (SSSR count). The second-order valence-corrected chi connectivity index (χ2v) is 6.81. The Hall–Kier alpha value is -1.91. The Morgan fingerprint density at radius 3 is 2.91 bits per heavy atom. The summed E-state index contributed by atoms with van der Waals surface area (Å²) in [6.07, 6.45) is 0. The smallest absolute Gasteiger partial charge is 0.142 e. The Morgan fingerprint density at radius 1 is 1.17 bits per heavy atom. The van der Waals surface area contributed by atoms with E-state index in [9.17, 15) is 0 Å². The van der Waals surface area contributed by atoms with Gasteiger partial charge in [0, 0.05) is 27.5 Å². The van der Waals surface area contributed by atoms with E-state index in [1.807, 2.05) is 42.1 Å². The SMILES string of the molecule is COc1ccc(Cl)cc1Nc1c2c(nc3ccccc13)CSC2. The number of para-hydroxylation sites is 1. The van der Waals surface area contributed by atoms with Crippen molar-refractivity contribution < 1.29 is 4.74 Å². The van der Waals surface area contributed by atoms with Gasteiger partial charge < -0.3 is 10.1 Å². The number of methoxy groups -OCH3 is 1. The van der Waals surface area contributed by atoms with Crippen LogP contribution in [0.1, 0.15) is 11.3 Å². The summed E-state index contributed by atoms with van der Waals surface area (Å²) in [5.41, 5.74) is 5.43. The molecule has 23 heavy (non-hydrogen) atoms. The molecule has 1 aromatic heterocycles. The minimum atomic E-state index is 0.678. The first-order valence-electron chi connectivity index (χ1n) is 7.35. The van der Waals surface area contributed by atoms with Crippen molar-refractivity contribution in [2.45, 2.75) is 11.5 Å². The molecule has 0 radical (unpaired) electrons. The summed E-state index contributed by atoms with van der Waals surface area (Å²) in [7, 11) is 1.67. The molecule has 0 bridgehead atoms. The molecule has 116 valence electrons. The van der Waals surface area contributed by atoms with Crippen molar-refractivity contribution in [2.24, 2.45) is 0 Å². The highest BCUT2D eigenvalue weighted by Crippen LogP contribution is 2.41. The fourth-order valence-corrected chi connectivity index (χ4v) is 4.10. The van der Waals surface area contributed by atoms with Gasteiger partial charge in [-0.2, -0.15) is 11.8 Å². The van der Waals surface area contributed by atoms with Gasteiger partial charge in [-0.25, -0.2) is 0 Å². The number of anilines is 2. The summed E-state index contributed by atoms with van der Waals surface area (Å²) < 4.78 is 5.46. The van der Waals surface area contributed by atoms with E-state index < -0.39 is 0 Å². The zero-order chi connectivity index (χ0) is 15.8. The molecular formula is C18H15ClN2OS. The third-order valence-corrected chi connectivity index (χ3v) is 5.19. The standard InChI is InChI=1S/C18H15ClN2OS/c1-22-17-7-6-11(19)8-15(17)21-18-12-4-2-3-5-14(12)20-16-10-23-9-13(16)18/h2-8H,9-10H2,1H3,(H,20,21). The van der Waals surface area contributed by atoms with Crippen molar-refractivity contribution in [1.29, 1.82) is 0 Å². The molecule has 1 N–H and O–H groups in total. The molecule has 3 aromatic rings. The first-order chi connectivity index (χ1) is 11.3. The number of thioether (sulfide) groups is 1. The maximum atomic E-state index is 6.16. The molecule has 0 atom stereocenters. The Balaban J connectivity index is 1.91. The van der Waals surface area contributed by atoms with E-state index >= 15 is 0 Å². The van der Waals surface area contributed by atoms with Crippen LogP contribution in [-0.4, -0.2) is 12.1 Å². The van der Waals surface area contributed by atoms with E-state index in [0.29, 0.717) is 5.02 Å². The molecule has 0 aliphatic carbocycles. The fraction of sp³-hybridized carbons (Fsp3) is 0.167. The average molecular weight is 343 g/mol. The molecule has 0 unspecified atom stereocenters. The Bertz CT molecular complexity index is 898. The first-order valence-corrected chi connectivity index (χ1v) is 8.88. The van der Waals surface area contributed by atoms with Crippen LogP contribution in [0.3, 0.4) is 0 Å². The van der Waals surface area contributed by atoms with Gasteiger partial charge in [-0.15, -0.1) is 0 Å². The van der Waals surface area contributed by atoms with Crippen LogP contribution in [0.2, 0.25) is 5.02 Å². The van der Waals surface area contributed by atoms with E-state index in [2.05, 4.69) is 17.4 Å². The van der Waals surface area contributed by atoms with Gasteiger partial charge in [0.1, 0.15) is 5.75 Å². The molecule has 3 nitrogen and oxygen atoms in total. The van der Waals surface area contributed by atoms with E-state index in [1.54, 1.807) is 7.11 Å². The van der Waals surface area contributed by atoms with Gasteiger partial charge in [-0.05, 0) is 24.3 Å². The van der Waals surface area contributed by atoms with Crippen LogP contribution in [0.5, 0.6) is 5.75 Å². The first kappa shape index (κ1) is 14.7. The summed E-state index contributed by atoms with van der Waals surface area (Å²) in [5.74, 6) is 2.70. The second kappa shape index (κ2) is 5.95. The number of nitrogens with zero attached hydrogens (tertiary/aromatic N) is 1. The molecule has 0 spiro atoms. The zero-order valence-corrected chi connectivity index (χ0v) is 14.2. The van der Waals surface area contributed by atoms with Crippen LogP contribution in [0.4, 0.5) is 11.4 Å². The summed E-state index contributed by atoms with van der Waals surface area (Å²) >= 11 is 8.06. The van der Waals surface area contributed by atoms with Crippen molar-refractivity contribution >= 4 is 45.6 Å². The quantitative estimate of drug-likeness (QED) is 0.692. The van der Waals surface area contributed by atoms with Gasteiger partial charge in [0.2, 0.25) is 0 Å². The highest BCUT2D eigenvalue weighted by molar-refractivity contribution is 7.98. The lowest BCUT2D eigenvalue weighted by molar-refractivity contribution is 0.417. The van der Waals surface area contributed by atoms with Crippen molar-refractivity contribution in [3.05, 3.63) is 58.7 Å². The maximum Gasteiger partial charge on any atom is 0.142 e. The average Bonchev–Trinajstić information content (AvgIpc) is 3.03. The Morgan fingerprint density at radius 2 is 2.04 bits per heavy atom. The predicted molar refractivity (Wildman–Crippen MR) is 98.0 cm³/mol. The largest absolute Gasteiger partial charge is 0.495 e. The number of aromatic nitrogens is 1. The van der Waals surface area contributed by atoms with Gasteiger partial charge >= 0.3 is 0 Å². The van der Waals surface area contributed by atoms with E-state index in [-0.39, 0.29) is 0 Å². The molecule has 5 heteroatoms. The summed E-state index contributed by atoms with van der Waals surface area (Å²) in [4.78, 5) is 4.80. The van der Waals surface area contributed by atoms with Gasteiger partial charge in [0.25, 0.3) is 0 Å². The van der Waals surface area contributed by atoms with Gasteiger partial charge in [0.15, 0.2) is 0 Å². The van der Waals surface area contributed by atoms with Crippen molar-refractivity contribution in [3.63, 3.8) is 0 Å². The lowest BCUT2D eigenvalue weighted by atomic mass is 10.1. The van der Waals surface area contributed by atoms with Crippen LogP contribution >= 0.6 is 23.4 Å². The molecule has 2 heterocycles. The summed E-state index contributed by atoms with van der Waals surface area (Å²) in [6.45, 7) is 0. The minimum absolute atomic E-state index is 0.678. The molecule has 0 amide bonds. The predicted octanol–water partition coefficient (Wildman–Crippen LogP) is 5.39. The molecule has 0 fully saturated rings.